The molecule has 2 aromatic rings. The van der Waals surface area contributed by atoms with Gasteiger partial charge in [-0.3, -0.25) is 15.2 Å². The van der Waals surface area contributed by atoms with Crippen molar-refractivity contribution in [1.29, 1.82) is 0 Å². The average molecular weight is 238 g/mol. The Kier molecular flexibility index (Phi) is 3.15. The van der Waals surface area contributed by atoms with Crippen LogP contribution in [0.15, 0.2) is 12.3 Å². The van der Waals surface area contributed by atoms with Crippen LogP contribution in [0.25, 0.3) is 11.0 Å². The van der Waals surface area contributed by atoms with E-state index in [-0.39, 0.29) is 11.6 Å². The van der Waals surface area contributed by atoms with E-state index in [1.807, 2.05) is 0 Å². The Morgan fingerprint density at radius 3 is 3.06 bits per heavy atom. The van der Waals surface area contributed by atoms with Crippen molar-refractivity contribution in [2.24, 2.45) is 0 Å². The first-order valence-electron chi connectivity index (χ1n) is 4.82. The van der Waals surface area contributed by atoms with Crippen molar-refractivity contribution in [3.05, 3.63) is 22.4 Å². The van der Waals surface area contributed by atoms with E-state index in [4.69, 9.17) is 9.47 Å². The molecule has 0 aliphatic carbocycles. The maximum absolute atomic E-state index is 10.6. The van der Waals surface area contributed by atoms with Crippen molar-refractivity contribution in [3.8, 4) is 5.88 Å². The predicted molar refractivity (Wildman–Crippen MR) is 57.9 cm³/mol. The van der Waals surface area contributed by atoms with Crippen LogP contribution in [0.3, 0.4) is 0 Å². The molecule has 0 spiro atoms. The first kappa shape index (κ1) is 11.3. The zero-order valence-electron chi connectivity index (χ0n) is 9.04. The van der Waals surface area contributed by atoms with Gasteiger partial charge in [0.2, 0.25) is 5.88 Å². The van der Waals surface area contributed by atoms with Crippen LogP contribution < -0.4 is 4.74 Å². The fraction of sp³-hybridized carbons (Fsp3) is 0.333. The summed E-state index contributed by atoms with van der Waals surface area (Å²) >= 11 is 0. The molecule has 0 bridgehead atoms. The van der Waals surface area contributed by atoms with Gasteiger partial charge in [-0.25, -0.2) is 4.98 Å². The van der Waals surface area contributed by atoms with Crippen LogP contribution in [0, 0.1) is 10.1 Å². The molecule has 0 amide bonds. The summed E-state index contributed by atoms with van der Waals surface area (Å²) < 4.78 is 10.1. The molecule has 0 aromatic carbocycles. The highest BCUT2D eigenvalue weighted by Gasteiger charge is 2.13. The predicted octanol–water partition coefficient (Wildman–Crippen LogP) is 0.891. The number of nitrogens with zero attached hydrogens (tertiary/aromatic N) is 3. The van der Waals surface area contributed by atoms with Crippen LogP contribution in [-0.4, -0.2) is 40.4 Å². The fourth-order valence-corrected chi connectivity index (χ4v) is 1.30. The van der Waals surface area contributed by atoms with E-state index in [0.29, 0.717) is 24.2 Å². The summed E-state index contributed by atoms with van der Waals surface area (Å²) in [5.74, 6) is 0.285. The third-order valence-corrected chi connectivity index (χ3v) is 2.10. The zero-order valence-corrected chi connectivity index (χ0v) is 9.04. The molecular formula is C9H10N4O4. The molecule has 2 rings (SSSR count). The first-order valence-corrected chi connectivity index (χ1v) is 4.82. The van der Waals surface area contributed by atoms with Gasteiger partial charge in [-0.1, -0.05) is 0 Å². The number of methoxy groups -OCH3 is 1. The lowest BCUT2D eigenvalue weighted by atomic mass is 10.3. The van der Waals surface area contributed by atoms with Gasteiger partial charge in [0.05, 0.1) is 16.9 Å². The number of pyridine rings is 1. The van der Waals surface area contributed by atoms with Crippen molar-refractivity contribution in [1.82, 2.24) is 15.2 Å². The number of H-pyrrole nitrogens is 1. The van der Waals surface area contributed by atoms with Crippen LogP contribution in [-0.2, 0) is 4.74 Å². The molecule has 0 aliphatic heterocycles. The number of fused-ring (bicyclic) bond motifs is 1. The molecule has 90 valence electrons. The summed E-state index contributed by atoms with van der Waals surface area (Å²) in [5, 5.41) is 17.6. The SMILES string of the molecule is COCCOc1n[nH]c2ncc([N+](=O)[O-])cc12. The van der Waals surface area contributed by atoms with Gasteiger partial charge < -0.3 is 9.47 Å². The first-order chi connectivity index (χ1) is 8.22. The Balaban J connectivity index is 2.30. The molecule has 0 aliphatic rings. The summed E-state index contributed by atoms with van der Waals surface area (Å²) in [7, 11) is 1.55. The van der Waals surface area contributed by atoms with Gasteiger partial charge in [0, 0.05) is 13.2 Å². The molecule has 0 atom stereocenters. The fourth-order valence-electron chi connectivity index (χ4n) is 1.30. The number of nitro groups is 1. The van der Waals surface area contributed by atoms with Crippen molar-refractivity contribution in [2.75, 3.05) is 20.3 Å². The minimum absolute atomic E-state index is 0.101. The third kappa shape index (κ3) is 2.31. The van der Waals surface area contributed by atoms with Crippen LogP contribution >= 0.6 is 0 Å². The molecule has 0 unspecified atom stereocenters. The standard InChI is InChI=1S/C9H10N4O4/c1-16-2-3-17-9-7-4-6(13(14)15)5-10-8(7)11-12-9/h4-5H,2-3H2,1H3,(H,10,11,12). The Labute approximate surface area is 95.7 Å². The van der Waals surface area contributed by atoms with Crippen LogP contribution in [0.2, 0.25) is 0 Å². The van der Waals surface area contributed by atoms with E-state index in [0.717, 1.165) is 0 Å². The van der Waals surface area contributed by atoms with Gasteiger partial charge in [-0.15, -0.1) is 5.10 Å². The van der Waals surface area contributed by atoms with Gasteiger partial charge in [-0.05, 0) is 0 Å². The minimum atomic E-state index is -0.516. The number of ether oxygens (including phenoxy) is 2. The summed E-state index contributed by atoms with van der Waals surface area (Å²) in [5.41, 5.74) is 0.346. The average Bonchev–Trinajstić information content (AvgIpc) is 2.72. The van der Waals surface area contributed by atoms with Gasteiger partial charge in [0.25, 0.3) is 5.69 Å². The highest BCUT2D eigenvalue weighted by molar-refractivity contribution is 5.82. The van der Waals surface area contributed by atoms with E-state index < -0.39 is 4.92 Å². The minimum Gasteiger partial charge on any atom is -0.474 e. The monoisotopic (exact) mass is 238 g/mol. The highest BCUT2D eigenvalue weighted by atomic mass is 16.6. The van der Waals surface area contributed by atoms with E-state index in [1.54, 1.807) is 7.11 Å². The number of aromatic nitrogens is 3. The molecule has 0 radical (unpaired) electrons. The number of hydrogen-bond donors (Lipinski definition) is 1. The molecule has 0 saturated carbocycles. The van der Waals surface area contributed by atoms with E-state index in [1.165, 1.54) is 12.3 Å². The molecule has 0 fully saturated rings. The second kappa shape index (κ2) is 4.74. The van der Waals surface area contributed by atoms with E-state index in [9.17, 15) is 10.1 Å². The van der Waals surface area contributed by atoms with Gasteiger partial charge in [0.15, 0.2) is 5.65 Å². The van der Waals surface area contributed by atoms with Gasteiger partial charge in [0.1, 0.15) is 12.8 Å². The second-order valence-corrected chi connectivity index (χ2v) is 3.22. The Morgan fingerprint density at radius 2 is 2.35 bits per heavy atom. The van der Waals surface area contributed by atoms with Crippen molar-refractivity contribution >= 4 is 16.7 Å². The maximum Gasteiger partial charge on any atom is 0.288 e. The van der Waals surface area contributed by atoms with Crippen LogP contribution in [0.5, 0.6) is 5.88 Å². The Morgan fingerprint density at radius 1 is 1.53 bits per heavy atom. The second-order valence-electron chi connectivity index (χ2n) is 3.22. The summed E-state index contributed by atoms with van der Waals surface area (Å²) in [6.45, 7) is 0.732. The Hall–Kier alpha value is -2.22. The van der Waals surface area contributed by atoms with Gasteiger partial charge >= 0.3 is 0 Å². The topological polar surface area (TPSA) is 103 Å². The number of rotatable bonds is 5. The maximum atomic E-state index is 10.6. The molecule has 2 heterocycles. The van der Waals surface area contributed by atoms with Gasteiger partial charge in [-0.2, -0.15) is 0 Å². The molecule has 8 heteroatoms. The summed E-state index contributed by atoms with van der Waals surface area (Å²) in [6, 6.07) is 1.37. The molecule has 1 N–H and O–H groups in total. The molecule has 2 aromatic heterocycles. The Bertz CT molecular complexity index is 539. The highest BCUT2D eigenvalue weighted by Crippen LogP contribution is 2.24. The number of hydrogen-bond acceptors (Lipinski definition) is 6. The number of nitrogens with one attached hydrogen (secondary N) is 1. The van der Waals surface area contributed by atoms with Crippen molar-refractivity contribution in [3.63, 3.8) is 0 Å². The molecular weight excluding hydrogens is 228 g/mol. The molecule has 8 nitrogen and oxygen atoms in total. The normalized spacial score (nSPS) is 10.6. The molecule has 17 heavy (non-hydrogen) atoms. The summed E-state index contributed by atoms with van der Waals surface area (Å²) in [4.78, 5) is 14.0. The largest absolute Gasteiger partial charge is 0.474 e. The summed E-state index contributed by atoms with van der Waals surface area (Å²) in [6.07, 6.45) is 1.17. The van der Waals surface area contributed by atoms with E-state index in [2.05, 4.69) is 15.2 Å². The van der Waals surface area contributed by atoms with Crippen molar-refractivity contribution in [2.45, 2.75) is 0 Å². The van der Waals surface area contributed by atoms with Crippen LogP contribution in [0.1, 0.15) is 0 Å². The lowest BCUT2D eigenvalue weighted by molar-refractivity contribution is -0.385. The zero-order chi connectivity index (χ0) is 12.3. The smallest absolute Gasteiger partial charge is 0.288 e. The third-order valence-electron chi connectivity index (χ3n) is 2.10. The molecule has 0 saturated heterocycles. The lowest BCUT2D eigenvalue weighted by Gasteiger charge is -2.01. The van der Waals surface area contributed by atoms with Crippen LogP contribution in [0.4, 0.5) is 5.69 Å². The quantitative estimate of drug-likeness (QED) is 0.471. The van der Waals surface area contributed by atoms with Crippen molar-refractivity contribution < 1.29 is 14.4 Å². The lowest BCUT2D eigenvalue weighted by Crippen LogP contribution is -2.04. The van der Waals surface area contributed by atoms with E-state index >= 15 is 0 Å². The number of aromatic amines is 1.